The number of nitrogens with one attached hydrogen (secondary N) is 1. The quantitative estimate of drug-likeness (QED) is 0.904. The van der Waals surface area contributed by atoms with Crippen LogP contribution in [-0.2, 0) is 19.3 Å². The van der Waals surface area contributed by atoms with Gasteiger partial charge >= 0.3 is 0 Å². The van der Waals surface area contributed by atoms with E-state index in [-0.39, 0.29) is 0 Å². The molecule has 0 amide bonds. The van der Waals surface area contributed by atoms with Gasteiger partial charge in [0.15, 0.2) is 0 Å². The second kappa shape index (κ2) is 5.54. The lowest BCUT2D eigenvalue weighted by Gasteiger charge is -2.17. The van der Waals surface area contributed by atoms with Crippen LogP contribution in [0.5, 0.6) is 0 Å². The molecule has 2 heteroatoms. The average molecular weight is 252 g/mol. The summed E-state index contributed by atoms with van der Waals surface area (Å²) in [6.07, 6.45) is 8.58. The SMILES string of the molecule is CNC(Cc1cccnc1)c1ccc2c(c1)CCC2. The van der Waals surface area contributed by atoms with Gasteiger partial charge in [0.05, 0.1) is 0 Å². The second-order valence-corrected chi connectivity index (χ2v) is 5.29. The molecule has 0 saturated heterocycles. The fourth-order valence-electron chi connectivity index (χ4n) is 2.95. The fourth-order valence-corrected chi connectivity index (χ4v) is 2.95. The second-order valence-electron chi connectivity index (χ2n) is 5.29. The summed E-state index contributed by atoms with van der Waals surface area (Å²) in [5.41, 5.74) is 5.76. The first-order chi connectivity index (χ1) is 9.36. The molecule has 0 bridgehead atoms. The number of aryl methyl sites for hydroxylation is 2. The van der Waals surface area contributed by atoms with Crippen molar-refractivity contribution in [1.29, 1.82) is 0 Å². The number of nitrogens with zero attached hydrogens (tertiary/aromatic N) is 1. The maximum atomic E-state index is 4.20. The van der Waals surface area contributed by atoms with Crippen LogP contribution in [0.4, 0.5) is 0 Å². The summed E-state index contributed by atoms with van der Waals surface area (Å²) in [6.45, 7) is 0. The Balaban J connectivity index is 1.82. The average Bonchev–Trinajstić information content (AvgIpc) is 2.93. The molecule has 2 aromatic rings. The lowest BCUT2D eigenvalue weighted by molar-refractivity contribution is 0.590. The van der Waals surface area contributed by atoms with Crippen LogP contribution in [0.1, 0.15) is 34.7 Å². The lowest BCUT2D eigenvalue weighted by Crippen LogP contribution is -2.19. The number of likely N-dealkylation sites (N-methyl/N-ethyl adjacent to an activating group) is 1. The van der Waals surface area contributed by atoms with Crippen LogP contribution < -0.4 is 5.32 Å². The van der Waals surface area contributed by atoms with Gasteiger partial charge in [-0.25, -0.2) is 0 Å². The first-order valence-corrected chi connectivity index (χ1v) is 7.04. The Morgan fingerprint density at radius 3 is 2.89 bits per heavy atom. The Labute approximate surface area is 114 Å². The molecule has 1 aliphatic rings. The van der Waals surface area contributed by atoms with Gasteiger partial charge in [-0.3, -0.25) is 4.98 Å². The molecule has 0 fully saturated rings. The minimum atomic E-state index is 0.370. The molecule has 1 atom stereocenters. The zero-order chi connectivity index (χ0) is 13.1. The number of benzene rings is 1. The summed E-state index contributed by atoms with van der Waals surface area (Å²) in [5.74, 6) is 0. The third-order valence-corrected chi connectivity index (χ3v) is 4.04. The molecule has 0 saturated carbocycles. The van der Waals surface area contributed by atoms with Crippen LogP contribution >= 0.6 is 0 Å². The van der Waals surface area contributed by atoms with Crippen LogP contribution in [0, 0.1) is 0 Å². The first kappa shape index (κ1) is 12.4. The van der Waals surface area contributed by atoms with E-state index >= 15 is 0 Å². The van der Waals surface area contributed by atoms with Crippen LogP contribution in [0.15, 0.2) is 42.7 Å². The van der Waals surface area contributed by atoms with Gasteiger partial charge in [0.1, 0.15) is 0 Å². The molecule has 1 unspecified atom stereocenters. The van der Waals surface area contributed by atoms with Crippen molar-refractivity contribution in [1.82, 2.24) is 10.3 Å². The molecular formula is C17H20N2. The van der Waals surface area contributed by atoms with Crippen molar-refractivity contribution in [3.63, 3.8) is 0 Å². The Hall–Kier alpha value is -1.67. The van der Waals surface area contributed by atoms with Crippen LogP contribution in [0.2, 0.25) is 0 Å². The maximum Gasteiger partial charge on any atom is 0.0359 e. The molecule has 1 aromatic heterocycles. The minimum absolute atomic E-state index is 0.370. The van der Waals surface area contributed by atoms with E-state index in [1.807, 2.05) is 25.5 Å². The summed E-state index contributed by atoms with van der Waals surface area (Å²) in [5, 5.41) is 3.43. The van der Waals surface area contributed by atoms with Crippen molar-refractivity contribution in [2.45, 2.75) is 31.7 Å². The Kier molecular flexibility index (Phi) is 3.60. The van der Waals surface area contributed by atoms with Crippen molar-refractivity contribution in [2.75, 3.05) is 7.05 Å². The minimum Gasteiger partial charge on any atom is -0.313 e. The molecule has 1 N–H and O–H groups in total. The standard InChI is InChI=1S/C17H20N2/c1-18-17(10-13-4-3-9-19-12-13)16-8-7-14-5-2-6-15(14)11-16/h3-4,7-9,11-12,17-18H,2,5-6,10H2,1H3. The summed E-state index contributed by atoms with van der Waals surface area (Å²) in [4.78, 5) is 4.20. The van der Waals surface area contributed by atoms with Gasteiger partial charge in [-0.05, 0) is 61.1 Å². The molecule has 0 radical (unpaired) electrons. The fraction of sp³-hybridized carbons (Fsp3) is 0.353. The highest BCUT2D eigenvalue weighted by Gasteiger charge is 2.15. The summed E-state index contributed by atoms with van der Waals surface area (Å²) in [7, 11) is 2.04. The number of rotatable bonds is 4. The molecule has 2 nitrogen and oxygen atoms in total. The molecule has 1 aromatic carbocycles. The van der Waals surface area contributed by atoms with Crippen molar-refractivity contribution < 1.29 is 0 Å². The zero-order valence-corrected chi connectivity index (χ0v) is 11.4. The Morgan fingerprint density at radius 1 is 1.21 bits per heavy atom. The predicted octanol–water partition coefficient (Wildman–Crippen LogP) is 3.07. The van der Waals surface area contributed by atoms with Gasteiger partial charge in [0.2, 0.25) is 0 Å². The summed E-state index contributed by atoms with van der Waals surface area (Å²) < 4.78 is 0. The largest absolute Gasteiger partial charge is 0.313 e. The van der Waals surface area contributed by atoms with E-state index in [4.69, 9.17) is 0 Å². The van der Waals surface area contributed by atoms with Gasteiger partial charge in [-0.2, -0.15) is 0 Å². The lowest BCUT2D eigenvalue weighted by atomic mass is 9.97. The van der Waals surface area contributed by atoms with E-state index in [0.717, 1.165) is 6.42 Å². The van der Waals surface area contributed by atoms with Crippen molar-refractivity contribution in [2.24, 2.45) is 0 Å². The van der Waals surface area contributed by atoms with Crippen molar-refractivity contribution in [3.8, 4) is 0 Å². The number of pyridine rings is 1. The van der Waals surface area contributed by atoms with Gasteiger partial charge in [-0.15, -0.1) is 0 Å². The number of fused-ring (bicyclic) bond motifs is 1. The van der Waals surface area contributed by atoms with Gasteiger partial charge in [0.25, 0.3) is 0 Å². The van der Waals surface area contributed by atoms with Gasteiger partial charge < -0.3 is 5.32 Å². The normalized spacial score (nSPS) is 15.2. The van der Waals surface area contributed by atoms with E-state index in [9.17, 15) is 0 Å². The summed E-state index contributed by atoms with van der Waals surface area (Å²) in [6, 6.07) is 11.5. The molecule has 0 spiro atoms. The first-order valence-electron chi connectivity index (χ1n) is 7.04. The third kappa shape index (κ3) is 2.69. The maximum absolute atomic E-state index is 4.20. The highest BCUT2D eigenvalue weighted by Crippen LogP contribution is 2.26. The number of hydrogen-bond donors (Lipinski definition) is 1. The smallest absolute Gasteiger partial charge is 0.0359 e. The zero-order valence-electron chi connectivity index (χ0n) is 11.4. The van der Waals surface area contributed by atoms with E-state index in [0.29, 0.717) is 6.04 Å². The highest BCUT2D eigenvalue weighted by molar-refractivity contribution is 5.37. The molecule has 1 aliphatic carbocycles. The topological polar surface area (TPSA) is 24.9 Å². The molecule has 1 heterocycles. The number of hydrogen-bond acceptors (Lipinski definition) is 2. The molecular weight excluding hydrogens is 232 g/mol. The predicted molar refractivity (Wildman–Crippen MR) is 78.2 cm³/mol. The summed E-state index contributed by atoms with van der Waals surface area (Å²) >= 11 is 0. The van der Waals surface area contributed by atoms with E-state index in [1.165, 1.54) is 30.4 Å². The molecule has 19 heavy (non-hydrogen) atoms. The number of aromatic nitrogens is 1. The van der Waals surface area contributed by atoms with Crippen molar-refractivity contribution in [3.05, 3.63) is 65.0 Å². The van der Waals surface area contributed by atoms with Gasteiger partial charge in [0, 0.05) is 18.4 Å². The molecule has 98 valence electrons. The van der Waals surface area contributed by atoms with Crippen LogP contribution in [0.3, 0.4) is 0 Å². The van der Waals surface area contributed by atoms with Gasteiger partial charge in [-0.1, -0.05) is 24.3 Å². The monoisotopic (exact) mass is 252 g/mol. The molecule has 3 rings (SSSR count). The highest BCUT2D eigenvalue weighted by atomic mass is 14.9. The van der Waals surface area contributed by atoms with Crippen LogP contribution in [-0.4, -0.2) is 12.0 Å². The Bertz CT molecular complexity index is 548. The van der Waals surface area contributed by atoms with E-state index in [2.05, 4.69) is 34.6 Å². The Morgan fingerprint density at radius 2 is 2.11 bits per heavy atom. The van der Waals surface area contributed by atoms with E-state index in [1.54, 1.807) is 11.1 Å². The van der Waals surface area contributed by atoms with Crippen molar-refractivity contribution >= 4 is 0 Å². The molecule has 0 aliphatic heterocycles. The van der Waals surface area contributed by atoms with E-state index < -0.39 is 0 Å². The third-order valence-electron chi connectivity index (χ3n) is 4.04. The van der Waals surface area contributed by atoms with Crippen LogP contribution in [0.25, 0.3) is 0 Å².